The van der Waals surface area contributed by atoms with Gasteiger partial charge in [-0.05, 0) is 25.0 Å². The summed E-state index contributed by atoms with van der Waals surface area (Å²) >= 11 is 0. The van der Waals surface area contributed by atoms with Crippen molar-refractivity contribution in [3.05, 3.63) is 48.4 Å². The highest BCUT2D eigenvalue weighted by Crippen LogP contribution is 2.40. The Balaban J connectivity index is 1.61. The molecule has 0 aliphatic heterocycles. The molecule has 0 radical (unpaired) electrons. The van der Waals surface area contributed by atoms with Crippen molar-refractivity contribution in [2.24, 2.45) is 0 Å². The van der Waals surface area contributed by atoms with Crippen LogP contribution in [0, 0.1) is 0 Å². The van der Waals surface area contributed by atoms with Crippen LogP contribution in [-0.2, 0) is 0 Å². The number of aromatic amines is 1. The first-order valence-corrected chi connectivity index (χ1v) is 9.14. The number of benzene rings is 1. The molecule has 2 N–H and O–H groups in total. The summed E-state index contributed by atoms with van der Waals surface area (Å²) in [6.45, 7) is 0. The lowest BCUT2D eigenvalue weighted by atomic mass is 10.1. The van der Waals surface area contributed by atoms with Crippen molar-refractivity contribution in [2.75, 3.05) is 19.5 Å². The topological polar surface area (TPSA) is 89.4 Å². The van der Waals surface area contributed by atoms with Gasteiger partial charge in [0.25, 0.3) is 0 Å². The van der Waals surface area contributed by atoms with Gasteiger partial charge < -0.3 is 14.8 Å². The molecule has 142 valence electrons. The third-order valence-corrected chi connectivity index (χ3v) is 4.93. The number of aromatic nitrogens is 5. The van der Waals surface area contributed by atoms with E-state index in [0.29, 0.717) is 29.1 Å². The molecule has 5 rings (SSSR count). The standard InChI is InChI=1S/C20H20N6O2/c1-27-15-4-3-5-16(28-2)19(15)14-11-18-21-8-9-26(18)20(22-14)23-17-10-13(24-25-17)12-6-7-12/h3-5,8-12H,6-7H2,1-2H3,(H2,22,23,24,25). The molecular weight excluding hydrogens is 356 g/mol. The zero-order valence-electron chi connectivity index (χ0n) is 15.6. The van der Waals surface area contributed by atoms with Gasteiger partial charge in [0.15, 0.2) is 5.82 Å². The number of ether oxygens (including phenoxy) is 2. The minimum Gasteiger partial charge on any atom is -0.496 e. The van der Waals surface area contributed by atoms with Gasteiger partial charge in [0.1, 0.15) is 17.1 Å². The number of H-pyrrole nitrogens is 1. The van der Waals surface area contributed by atoms with E-state index in [4.69, 9.17) is 14.5 Å². The average Bonchev–Trinajstić information content (AvgIpc) is 3.28. The van der Waals surface area contributed by atoms with Gasteiger partial charge in [-0.25, -0.2) is 9.97 Å². The third kappa shape index (κ3) is 2.83. The smallest absolute Gasteiger partial charge is 0.215 e. The second-order valence-electron chi connectivity index (χ2n) is 6.77. The molecule has 4 aromatic rings. The highest BCUT2D eigenvalue weighted by atomic mass is 16.5. The fourth-order valence-electron chi connectivity index (χ4n) is 3.36. The molecule has 1 fully saturated rings. The molecule has 28 heavy (non-hydrogen) atoms. The Morgan fingerprint density at radius 3 is 2.64 bits per heavy atom. The van der Waals surface area contributed by atoms with Gasteiger partial charge >= 0.3 is 0 Å². The maximum atomic E-state index is 5.55. The van der Waals surface area contributed by atoms with Crippen molar-refractivity contribution < 1.29 is 9.47 Å². The van der Waals surface area contributed by atoms with Crippen LogP contribution in [0.2, 0.25) is 0 Å². The Morgan fingerprint density at radius 1 is 1.14 bits per heavy atom. The van der Waals surface area contributed by atoms with E-state index in [-0.39, 0.29) is 0 Å². The molecule has 1 aliphatic carbocycles. The number of hydrogen-bond acceptors (Lipinski definition) is 6. The van der Waals surface area contributed by atoms with Crippen LogP contribution in [0.15, 0.2) is 42.7 Å². The van der Waals surface area contributed by atoms with Crippen molar-refractivity contribution in [3.63, 3.8) is 0 Å². The van der Waals surface area contributed by atoms with E-state index >= 15 is 0 Å². The Kier molecular flexibility index (Phi) is 3.89. The lowest BCUT2D eigenvalue weighted by Gasteiger charge is -2.14. The predicted octanol–water partition coefficient (Wildman–Crippen LogP) is 3.76. The summed E-state index contributed by atoms with van der Waals surface area (Å²) < 4.78 is 13.0. The number of anilines is 2. The predicted molar refractivity (Wildman–Crippen MR) is 105 cm³/mol. The Labute approximate surface area is 161 Å². The van der Waals surface area contributed by atoms with Gasteiger partial charge in [0.2, 0.25) is 5.95 Å². The monoisotopic (exact) mass is 376 g/mol. The van der Waals surface area contributed by atoms with E-state index in [9.17, 15) is 0 Å². The number of rotatable bonds is 6. The second kappa shape index (κ2) is 6.56. The van der Waals surface area contributed by atoms with Crippen LogP contribution in [0.4, 0.5) is 11.8 Å². The number of hydrogen-bond donors (Lipinski definition) is 2. The van der Waals surface area contributed by atoms with Crippen LogP contribution in [0.3, 0.4) is 0 Å². The zero-order chi connectivity index (χ0) is 19.1. The van der Waals surface area contributed by atoms with Gasteiger partial charge in [0, 0.05) is 36.1 Å². The summed E-state index contributed by atoms with van der Waals surface area (Å²) in [5.41, 5.74) is 3.40. The van der Waals surface area contributed by atoms with E-state index in [2.05, 4.69) is 20.5 Å². The summed E-state index contributed by atoms with van der Waals surface area (Å²) in [6, 6.07) is 9.61. The molecule has 3 heterocycles. The molecule has 8 heteroatoms. The van der Waals surface area contributed by atoms with E-state index < -0.39 is 0 Å². The maximum Gasteiger partial charge on any atom is 0.215 e. The van der Waals surface area contributed by atoms with Crippen LogP contribution in [0.5, 0.6) is 11.5 Å². The van der Waals surface area contributed by atoms with Gasteiger partial charge in [-0.15, -0.1) is 0 Å². The number of methoxy groups -OCH3 is 2. The summed E-state index contributed by atoms with van der Waals surface area (Å²) in [6.07, 6.45) is 6.04. The van der Waals surface area contributed by atoms with E-state index in [0.717, 1.165) is 22.7 Å². The van der Waals surface area contributed by atoms with E-state index in [1.54, 1.807) is 20.4 Å². The van der Waals surface area contributed by atoms with E-state index in [1.165, 1.54) is 12.8 Å². The first kappa shape index (κ1) is 16.6. The average molecular weight is 376 g/mol. The Hall–Kier alpha value is -3.55. The number of nitrogens with one attached hydrogen (secondary N) is 2. The van der Waals surface area contributed by atoms with Gasteiger partial charge in [-0.3, -0.25) is 9.50 Å². The Bertz CT molecular complexity index is 1120. The maximum absolute atomic E-state index is 5.55. The molecule has 8 nitrogen and oxygen atoms in total. The molecule has 0 saturated heterocycles. The van der Waals surface area contributed by atoms with Crippen molar-refractivity contribution in [1.29, 1.82) is 0 Å². The summed E-state index contributed by atoms with van der Waals surface area (Å²) in [5.74, 6) is 3.32. The van der Waals surface area contributed by atoms with Crippen molar-refractivity contribution in [1.82, 2.24) is 24.6 Å². The molecular formula is C20H20N6O2. The molecule has 0 spiro atoms. The quantitative estimate of drug-likeness (QED) is 0.533. The third-order valence-electron chi connectivity index (χ3n) is 4.93. The highest BCUT2D eigenvalue weighted by Gasteiger charge is 2.25. The minimum absolute atomic E-state index is 0.605. The number of fused-ring (bicyclic) bond motifs is 1. The fourth-order valence-corrected chi connectivity index (χ4v) is 3.36. The molecule has 3 aromatic heterocycles. The molecule has 1 aromatic carbocycles. The molecule has 0 amide bonds. The summed E-state index contributed by atoms with van der Waals surface area (Å²) in [4.78, 5) is 9.26. The minimum atomic E-state index is 0.605. The number of nitrogens with zero attached hydrogens (tertiary/aromatic N) is 4. The Morgan fingerprint density at radius 2 is 1.93 bits per heavy atom. The molecule has 0 unspecified atom stereocenters. The molecule has 0 atom stereocenters. The van der Waals surface area contributed by atoms with E-state index in [1.807, 2.05) is 40.9 Å². The van der Waals surface area contributed by atoms with Crippen LogP contribution >= 0.6 is 0 Å². The lowest BCUT2D eigenvalue weighted by Crippen LogP contribution is -2.04. The lowest BCUT2D eigenvalue weighted by molar-refractivity contribution is 0.397. The second-order valence-corrected chi connectivity index (χ2v) is 6.77. The highest BCUT2D eigenvalue weighted by molar-refractivity contribution is 5.77. The summed E-state index contributed by atoms with van der Waals surface area (Å²) in [7, 11) is 3.27. The zero-order valence-corrected chi connectivity index (χ0v) is 15.6. The first-order valence-electron chi connectivity index (χ1n) is 9.14. The van der Waals surface area contributed by atoms with Crippen LogP contribution < -0.4 is 14.8 Å². The van der Waals surface area contributed by atoms with Crippen molar-refractivity contribution in [2.45, 2.75) is 18.8 Å². The number of imidazole rings is 1. The SMILES string of the molecule is COc1cccc(OC)c1-c1cc2nccn2c(Nc2cc(C3CC3)[nH]n2)n1. The van der Waals surface area contributed by atoms with Crippen molar-refractivity contribution in [3.8, 4) is 22.8 Å². The van der Waals surface area contributed by atoms with Crippen LogP contribution in [0.1, 0.15) is 24.5 Å². The van der Waals surface area contributed by atoms with Crippen molar-refractivity contribution >= 4 is 17.4 Å². The van der Waals surface area contributed by atoms with Crippen LogP contribution in [-0.4, -0.2) is 38.8 Å². The van der Waals surface area contributed by atoms with Gasteiger partial charge in [-0.2, -0.15) is 5.10 Å². The molecule has 1 aliphatic rings. The van der Waals surface area contributed by atoms with Gasteiger partial charge in [-0.1, -0.05) is 6.07 Å². The normalized spacial score (nSPS) is 13.6. The molecule has 1 saturated carbocycles. The fraction of sp³-hybridized carbons (Fsp3) is 0.250. The molecule has 0 bridgehead atoms. The van der Waals surface area contributed by atoms with Crippen LogP contribution in [0.25, 0.3) is 16.9 Å². The largest absolute Gasteiger partial charge is 0.496 e. The van der Waals surface area contributed by atoms with Gasteiger partial charge in [0.05, 0.1) is 25.5 Å². The summed E-state index contributed by atoms with van der Waals surface area (Å²) in [5, 5.41) is 10.8. The first-order chi connectivity index (χ1) is 13.8.